The standard InChI is InChI=1S/C20H22F2N2O2/c21-19(22)13-26-16-8-3-5-14(11-16)12-23-20(25)24-18-10-4-7-15-6-1-2-9-17(15)18/h1-3,5-6,8-9,11,18-19H,4,7,10,12-13H2,(H2,23,24,25). The molecule has 0 saturated heterocycles. The minimum atomic E-state index is -2.51. The fourth-order valence-electron chi connectivity index (χ4n) is 3.20. The van der Waals surface area contributed by atoms with Gasteiger partial charge in [0.05, 0.1) is 6.04 Å². The Morgan fingerprint density at radius 2 is 2.04 bits per heavy atom. The van der Waals surface area contributed by atoms with Gasteiger partial charge < -0.3 is 15.4 Å². The number of carbonyl (C=O) groups is 1. The first-order valence-electron chi connectivity index (χ1n) is 8.74. The van der Waals surface area contributed by atoms with E-state index in [-0.39, 0.29) is 12.1 Å². The fraction of sp³-hybridized carbons (Fsp3) is 0.350. The molecule has 0 heterocycles. The number of hydrogen-bond acceptors (Lipinski definition) is 2. The van der Waals surface area contributed by atoms with Crippen LogP contribution in [0.2, 0.25) is 0 Å². The van der Waals surface area contributed by atoms with Crippen LogP contribution in [-0.4, -0.2) is 19.1 Å². The second kappa shape index (κ2) is 8.65. The van der Waals surface area contributed by atoms with Crippen LogP contribution in [-0.2, 0) is 13.0 Å². The summed E-state index contributed by atoms with van der Waals surface area (Å²) in [6.45, 7) is -0.343. The molecule has 0 aliphatic heterocycles. The second-order valence-electron chi connectivity index (χ2n) is 6.32. The smallest absolute Gasteiger partial charge is 0.315 e. The molecule has 3 rings (SSSR count). The summed E-state index contributed by atoms with van der Waals surface area (Å²) in [5.74, 6) is 0.367. The number of benzene rings is 2. The normalized spacial score (nSPS) is 16.0. The van der Waals surface area contributed by atoms with E-state index in [1.54, 1.807) is 18.2 Å². The van der Waals surface area contributed by atoms with E-state index in [4.69, 9.17) is 4.74 Å². The van der Waals surface area contributed by atoms with Crippen LogP contribution in [0.4, 0.5) is 13.6 Å². The molecule has 1 atom stereocenters. The van der Waals surface area contributed by atoms with Crippen molar-refractivity contribution in [2.75, 3.05) is 6.61 Å². The monoisotopic (exact) mass is 360 g/mol. The first kappa shape index (κ1) is 18.2. The Kier molecular flexibility index (Phi) is 6.04. The van der Waals surface area contributed by atoms with Crippen LogP contribution in [0.25, 0.3) is 0 Å². The van der Waals surface area contributed by atoms with Crippen molar-refractivity contribution in [3.8, 4) is 5.75 Å². The predicted octanol–water partition coefficient (Wildman–Crippen LogP) is 4.21. The zero-order chi connectivity index (χ0) is 18.4. The lowest BCUT2D eigenvalue weighted by molar-refractivity contribution is 0.0818. The van der Waals surface area contributed by atoms with E-state index in [0.29, 0.717) is 12.3 Å². The van der Waals surface area contributed by atoms with E-state index >= 15 is 0 Å². The van der Waals surface area contributed by atoms with E-state index in [1.807, 2.05) is 18.2 Å². The Balaban J connectivity index is 1.53. The lowest BCUT2D eigenvalue weighted by atomic mass is 9.88. The highest BCUT2D eigenvalue weighted by atomic mass is 19.3. The number of fused-ring (bicyclic) bond motifs is 1. The summed E-state index contributed by atoms with van der Waals surface area (Å²) >= 11 is 0. The third-order valence-electron chi connectivity index (χ3n) is 4.40. The van der Waals surface area contributed by atoms with Crippen LogP contribution in [0.1, 0.15) is 35.6 Å². The van der Waals surface area contributed by atoms with Crippen LogP contribution >= 0.6 is 0 Å². The molecule has 138 valence electrons. The van der Waals surface area contributed by atoms with Crippen LogP contribution in [0, 0.1) is 0 Å². The number of nitrogens with one attached hydrogen (secondary N) is 2. The van der Waals surface area contributed by atoms with E-state index < -0.39 is 13.0 Å². The number of carbonyl (C=O) groups excluding carboxylic acids is 1. The summed E-state index contributed by atoms with van der Waals surface area (Å²) in [5, 5.41) is 5.83. The largest absolute Gasteiger partial charge is 0.488 e. The van der Waals surface area contributed by atoms with E-state index in [2.05, 4.69) is 22.8 Å². The zero-order valence-electron chi connectivity index (χ0n) is 14.4. The van der Waals surface area contributed by atoms with E-state index in [1.165, 1.54) is 11.1 Å². The quantitative estimate of drug-likeness (QED) is 0.811. The maximum atomic E-state index is 12.2. The van der Waals surface area contributed by atoms with Gasteiger partial charge in [-0.25, -0.2) is 13.6 Å². The lowest BCUT2D eigenvalue weighted by Gasteiger charge is -2.26. The van der Waals surface area contributed by atoms with Gasteiger partial charge in [0, 0.05) is 6.54 Å². The van der Waals surface area contributed by atoms with Crippen LogP contribution in [0.15, 0.2) is 48.5 Å². The summed E-state index contributed by atoms with van der Waals surface area (Å²) in [4.78, 5) is 12.2. The molecule has 2 aromatic carbocycles. The van der Waals surface area contributed by atoms with E-state index in [9.17, 15) is 13.6 Å². The second-order valence-corrected chi connectivity index (χ2v) is 6.32. The fourth-order valence-corrected chi connectivity index (χ4v) is 3.20. The van der Waals surface area contributed by atoms with Gasteiger partial charge in [0.15, 0.2) is 0 Å². The van der Waals surface area contributed by atoms with Gasteiger partial charge in [-0.15, -0.1) is 0 Å². The summed E-state index contributed by atoms with van der Waals surface area (Å²) in [5.41, 5.74) is 3.25. The molecule has 1 aliphatic carbocycles. The first-order chi connectivity index (χ1) is 12.6. The molecular formula is C20H22F2N2O2. The van der Waals surface area contributed by atoms with Crippen molar-refractivity contribution in [2.24, 2.45) is 0 Å². The number of amides is 2. The molecule has 2 amide bonds. The average Bonchev–Trinajstić information content (AvgIpc) is 2.65. The van der Waals surface area contributed by atoms with Crippen LogP contribution in [0.5, 0.6) is 5.75 Å². The van der Waals surface area contributed by atoms with Gasteiger partial charge in [-0.3, -0.25) is 0 Å². The molecular weight excluding hydrogens is 338 g/mol. The van der Waals surface area contributed by atoms with Crippen molar-refractivity contribution >= 4 is 6.03 Å². The lowest BCUT2D eigenvalue weighted by Crippen LogP contribution is -2.38. The maximum Gasteiger partial charge on any atom is 0.315 e. The Morgan fingerprint density at radius 3 is 2.88 bits per heavy atom. The van der Waals surface area contributed by atoms with Gasteiger partial charge in [-0.1, -0.05) is 36.4 Å². The topological polar surface area (TPSA) is 50.4 Å². The Hall–Kier alpha value is -2.63. The molecule has 0 fully saturated rings. The van der Waals surface area contributed by atoms with Gasteiger partial charge in [0.1, 0.15) is 12.4 Å². The number of urea groups is 1. The SMILES string of the molecule is O=C(NCc1cccc(OCC(F)F)c1)NC1CCCc2ccccc21. The van der Waals surface area contributed by atoms with Crippen molar-refractivity contribution < 1.29 is 18.3 Å². The molecule has 0 aromatic heterocycles. The summed E-state index contributed by atoms with van der Waals surface area (Å²) in [6, 6.07) is 14.7. The Morgan fingerprint density at radius 1 is 1.19 bits per heavy atom. The number of rotatable bonds is 6. The molecule has 2 N–H and O–H groups in total. The molecule has 4 nitrogen and oxygen atoms in total. The minimum Gasteiger partial charge on any atom is -0.488 e. The van der Waals surface area contributed by atoms with Gasteiger partial charge in [-0.2, -0.15) is 0 Å². The first-order valence-corrected chi connectivity index (χ1v) is 8.74. The van der Waals surface area contributed by atoms with Crippen molar-refractivity contribution in [3.63, 3.8) is 0 Å². The molecule has 0 radical (unpaired) electrons. The summed E-state index contributed by atoms with van der Waals surface area (Å²) in [7, 11) is 0. The average molecular weight is 360 g/mol. The Labute approximate surface area is 151 Å². The van der Waals surface area contributed by atoms with Crippen molar-refractivity contribution in [2.45, 2.75) is 38.3 Å². The van der Waals surface area contributed by atoms with Crippen LogP contribution < -0.4 is 15.4 Å². The summed E-state index contributed by atoms with van der Waals surface area (Å²) in [6.07, 6.45) is 0.495. The molecule has 26 heavy (non-hydrogen) atoms. The van der Waals surface area contributed by atoms with Crippen molar-refractivity contribution in [1.82, 2.24) is 10.6 Å². The number of aryl methyl sites for hydroxylation is 1. The number of halogens is 2. The molecule has 0 spiro atoms. The van der Waals surface area contributed by atoms with Gasteiger partial charge >= 0.3 is 6.03 Å². The molecule has 0 bridgehead atoms. The van der Waals surface area contributed by atoms with Crippen LogP contribution in [0.3, 0.4) is 0 Å². The van der Waals surface area contributed by atoms with E-state index in [0.717, 1.165) is 24.8 Å². The predicted molar refractivity (Wildman–Crippen MR) is 95.4 cm³/mol. The Bertz CT molecular complexity index is 752. The highest BCUT2D eigenvalue weighted by molar-refractivity contribution is 5.74. The molecule has 2 aromatic rings. The molecule has 1 aliphatic rings. The third-order valence-corrected chi connectivity index (χ3v) is 4.40. The highest BCUT2D eigenvalue weighted by Gasteiger charge is 2.21. The maximum absolute atomic E-state index is 12.2. The van der Waals surface area contributed by atoms with Gasteiger partial charge in [0.25, 0.3) is 6.43 Å². The summed E-state index contributed by atoms with van der Waals surface area (Å²) < 4.78 is 29.4. The third kappa shape index (κ3) is 4.94. The van der Waals surface area contributed by atoms with Gasteiger partial charge in [0.2, 0.25) is 0 Å². The molecule has 0 saturated carbocycles. The molecule has 6 heteroatoms. The minimum absolute atomic E-state index is 0.0145. The number of hydrogen-bond donors (Lipinski definition) is 2. The van der Waals surface area contributed by atoms with Crippen molar-refractivity contribution in [3.05, 3.63) is 65.2 Å². The highest BCUT2D eigenvalue weighted by Crippen LogP contribution is 2.29. The molecule has 1 unspecified atom stereocenters. The number of ether oxygens (including phenoxy) is 1. The van der Waals surface area contributed by atoms with Crippen molar-refractivity contribution in [1.29, 1.82) is 0 Å². The number of alkyl halides is 2. The van der Waals surface area contributed by atoms with Gasteiger partial charge in [-0.05, 0) is 48.1 Å². The zero-order valence-corrected chi connectivity index (χ0v) is 14.4.